The van der Waals surface area contributed by atoms with Gasteiger partial charge in [0.05, 0.1) is 5.52 Å². The van der Waals surface area contributed by atoms with E-state index in [1.807, 2.05) is 34.9 Å². The Balaban J connectivity index is 1.79. The van der Waals surface area contributed by atoms with Crippen molar-refractivity contribution in [2.45, 2.75) is 23.7 Å². The smallest absolute Gasteiger partial charge is 0.198 e. The minimum Gasteiger partial charge on any atom is -0.298 e. The lowest BCUT2D eigenvalue weighted by Gasteiger charge is -2.08. The van der Waals surface area contributed by atoms with E-state index in [1.54, 1.807) is 18.7 Å². The van der Waals surface area contributed by atoms with Crippen LogP contribution in [0.5, 0.6) is 0 Å². The summed E-state index contributed by atoms with van der Waals surface area (Å²) in [4.78, 5) is 13.0. The van der Waals surface area contributed by atoms with Crippen molar-refractivity contribution in [2.75, 3.05) is 0 Å². The van der Waals surface area contributed by atoms with Gasteiger partial charge in [0.25, 0.3) is 0 Å². The predicted molar refractivity (Wildman–Crippen MR) is 102 cm³/mol. The average molecular weight is 360 g/mol. The summed E-state index contributed by atoms with van der Waals surface area (Å²) in [6.07, 6.45) is 6.93. The van der Waals surface area contributed by atoms with Crippen LogP contribution in [0, 0.1) is 6.92 Å². The van der Waals surface area contributed by atoms with Gasteiger partial charge in [0.2, 0.25) is 0 Å². The van der Waals surface area contributed by atoms with E-state index in [-0.39, 0.29) is 0 Å². The molecule has 0 aliphatic heterocycles. The van der Waals surface area contributed by atoms with Crippen molar-refractivity contribution in [3.63, 3.8) is 0 Å². The van der Waals surface area contributed by atoms with Crippen LogP contribution in [0.1, 0.15) is 5.56 Å². The van der Waals surface area contributed by atoms with Gasteiger partial charge in [-0.3, -0.25) is 9.55 Å². The predicted octanol–water partition coefficient (Wildman–Crippen LogP) is 3.93. The maximum Gasteiger partial charge on any atom is 0.198 e. The molecule has 128 valence electrons. The van der Waals surface area contributed by atoms with Gasteiger partial charge in [0.1, 0.15) is 11.4 Å². The fraction of sp³-hybridized carbons (Fsp3) is 0.105. The third-order valence-electron chi connectivity index (χ3n) is 3.89. The van der Waals surface area contributed by atoms with E-state index in [9.17, 15) is 0 Å². The van der Waals surface area contributed by atoms with Crippen LogP contribution in [0.2, 0.25) is 0 Å². The van der Waals surface area contributed by atoms with Gasteiger partial charge in [0.15, 0.2) is 11.0 Å². The second-order valence-electron chi connectivity index (χ2n) is 5.75. The lowest BCUT2D eigenvalue weighted by Crippen LogP contribution is -2.01. The van der Waals surface area contributed by atoms with Gasteiger partial charge in [-0.25, -0.2) is 9.97 Å². The molecular weight excluding hydrogens is 344 g/mol. The lowest BCUT2D eigenvalue weighted by molar-refractivity contribution is 0.730. The van der Waals surface area contributed by atoms with Gasteiger partial charge in [0, 0.05) is 29.9 Å². The summed E-state index contributed by atoms with van der Waals surface area (Å²) in [6, 6.07) is 9.99. The molecule has 0 spiro atoms. The van der Waals surface area contributed by atoms with E-state index < -0.39 is 0 Å². The van der Waals surface area contributed by atoms with Crippen LogP contribution in [0.25, 0.3) is 22.3 Å². The number of allylic oxidation sites excluding steroid dienone is 1. The molecule has 0 saturated carbocycles. The number of rotatable bonds is 5. The highest BCUT2D eigenvalue weighted by molar-refractivity contribution is 7.99. The first-order chi connectivity index (χ1) is 12.8. The highest BCUT2D eigenvalue weighted by Gasteiger charge is 2.16. The second-order valence-corrected chi connectivity index (χ2v) is 6.70. The zero-order valence-electron chi connectivity index (χ0n) is 14.2. The molecule has 0 fully saturated rings. The summed E-state index contributed by atoms with van der Waals surface area (Å²) in [5, 5.41) is 11.4. The van der Waals surface area contributed by atoms with Crippen molar-refractivity contribution in [1.29, 1.82) is 0 Å². The Morgan fingerprint density at radius 3 is 2.92 bits per heavy atom. The number of aromatic nitrogens is 6. The van der Waals surface area contributed by atoms with Gasteiger partial charge < -0.3 is 0 Å². The fourth-order valence-electron chi connectivity index (χ4n) is 2.68. The van der Waals surface area contributed by atoms with Crippen LogP contribution in [-0.2, 0) is 6.54 Å². The summed E-state index contributed by atoms with van der Waals surface area (Å²) in [5.41, 5.74) is 2.99. The molecule has 0 unspecified atom stereocenters. The molecule has 3 heterocycles. The second kappa shape index (κ2) is 7.05. The summed E-state index contributed by atoms with van der Waals surface area (Å²) in [5.74, 6) is 0.759. The maximum atomic E-state index is 4.46. The molecule has 6 nitrogen and oxygen atoms in total. The number of fused-ring (bicyclic) bond motifs is 1. The highest BCUT2D eigenvalue weighted by atomic mass is 32.2. The van der Waals surface area contributed by atoms with Crippen molar-refractivity contribution in [1.82, 2.24) is 29.7 Å². The SMILES string of the molecule is C=CCn1c(Sc2ncnc3ccc(C)cc23)nnc1-c1cccnc1. The zero-order chi connectivity index (χ0) is 17.9. The lowest BCUT2D eigenvalue weighted by atomic mass is 10.2. The summed E-state index contributed by atoms with van der Waals surface area (Å²) in [6.45, 7) is 6.51. The molecule has 26 heavy (non-hydrogen) atoms. The van der Waals surface area contributed by atoms with E-state index in [0.29, 0.717) is 6.54 Å². The number of hydrogen-bond donors (Lipinski definition) is 0. The van der Waals surface area contributed by atoms with E-state index in [1.165, 1.54) is 11.8 Å². The van der Waals surface area contributed by atoms with E-state index in [0.717, 1.165) is 38.0 Å². The van der Waals surface area contributed by atoms with Crippen molar-refractivity contribution in [3.05, 3.63) is 67.3 Å². The molecule has 0 aliphatic carbocycles. The number of nitrogens with zero attached hydrogens (tertiary/aromatic N) is 6. The Labute approximate surface area is 155 Å². The standard InChI is InChI=1S/C19H16N6S/c1-3-9-25-17(14-5-4-8-20-11-14)23-24-19(25)26-18-15-10-13(2)6-7-16(15)21-12-22-18/h3-8,10-12H,1,9H2,2H3. The van der Waals surface area contributed by atoms with E-state index in [4.69, 9.17) is 0 Å². The van der Waals surface area contributed by atoms with Gasteiger partial charge in [-0.15, -0.1) is 16.8 Å². The first-order valence-corrected chi connectivity index (χ1v) is 8.91. The van der Waals surface area contributed by atoms with Crippen molar-refractivity contribution < 1.29 is 0 Å². The molecule has 3 aromatic heterocycles. The van der Waals surface area contributed by atoms with Crippen molar-refractivity contribution in [2.24, 2.45) is 0 Å². The van der Waals surface area contributed by atoms with Crippen LogP contribution in [0.4, 0.5) is 0 Å². The molecule has 4 rings (SSSR count). The van der Waals surface area contributed by atoms with Gasteiger partial charge >= 0.3 is 0 Å². The van der Waals surface area contributed by atoms with Crippen LogP contribution in [-0.4, -0.2) is 29.7 Å². The van der Waals surface area contributed by atoms with Gasteiger partial charge in [-0.2, -0.15) is 0 Å². The fourth-order valence-corrected chi connectivity index (χ4v) is 3.58. The Morgan fingerprint density at radius 2 is 2.12 bits per heavy atom. The molecule has 0 saturated heterocycles. The number of benzene rings is 1. The Morgan fingerprint density at radius 1 is 1.19 bits per heavy atom. The molecule has 1 aromatic carbocycles. The third-order valence-corrected chi connectivity index (χ3v) is 4.89. The van der Waals surface area contributed by atoms with Gasteiger partial charge in [-0.1, -0.05) is 17.7 Å². The molecule has 0 aliphatic rings. The Bertz CT molecular complexity index is 1070. The quantitative estimate of drug-likeness (QED) is 0.397. The molecule has 4 aromatic rings. The Kier molecular flexibility index (Phi) is 4.45. The molecule has 0 N–H and O–H groups in total. The number of aryl methyl sites for hydroxylation is 1. The molecule has 0 atom stereocenters. The summed E-state index contributed by atoms with van der Waals surface area (Å²) < 4.78 is 2.01. The Hall–Kier alpha value is -3.06. The minimum atomic E-state index is 0.599. The maximum absolute atomic E-state index is 4.46. The van der Waals surface area contributed by atoms with Crippen LogP contribution in [0.15, 0.2) is 71.9 Å². The van der Waals surface area contributed by atoms with Crippen LogP contribution < -0.4 is 0 Å². The minimum absolute atomic E-state index is 0.599. The van der Waals surface area contributed by atoms with Crippen LogP contribution in [0.3, 0.4) is 0 Å². The largest absolute Gasteiger partial charge is 0.298 e. The number of hydrogen-bond acceptors (Lipinski definition) is 6. The normalized spacial score (nSPS) is 11.0. The topological polar surface area (TPSA) is 69.4 Å². The average Bonchev–Trinajstić information content (AvgIpc) is 3.06. The first kappa shape index (κ1) is 16.4. The van der Waals surface area contributed by atoms with E-state index >= 15 is 0 Å². The van der Waals surface area contributed by atoms with Crippen molar-refractivity contribution in [3.8, 4) is 11.4 Å². The van der Waals surface area contributed by atoms with Crippen LogP contribution >= 0.6 is 11.8 Å². The zero-order valence-corrected chi connectivity index (χ0v) is 15.0. The van der Waals surface area contributed by atoms with Gasteiger partial charge in [-0.05, 0) is 43.0 Å². The molecule has 0 amide bonds. The monoisotopic (exact) mass is 360 g/mol. The van der Waals surface area contributed by atoms with Crippen molar-refractivity contribution >= 4 is 22.7 Å². The molecule has 0 bridgehead atoms. The summed E-state index contributed by atoms with van der Waals surface area (Å²) in [7, 11) is 0. The highest BCUT2D eigenvalue weighted by Crippen LogP contribution is 2.32. The van der Waals surface area contributed by atoms with E-state index in [2.05, 4.69) is 44.7 Å². The first-order valence-electron chi connectivity index (χ1n) is 8.10. The number of pyridine rings is 1. The third kappa shape index (κ3) is 3.09. The summed E-state index contributed by atoms with van der Waals surface area (Å²) >= 11 is 1.48. The molecular formula is C19H16N6S. The molecule has 7 heteroatoms. The molecule has 0 radical (unpaired) electrons.